The van der Waals surface area contributed by atoms with Crippen molar-refractivity contribution < 1.29 is 30.7 Å². The smallest absolute Gasteiger partial charge is 0.377 e. The van der Waals surface area contributed by atoms with Gasteiger partial charge in [-0.1, -0.05) is 0 Å². The molecular weight excluding hydrogens is 390 g/mol. The summed E-state index contributed by atoms with van der Waals surface area (Å²) in [6.45, 7) is 0.0748. The number of anilines is 2. The molecule has 2 fully saturated rings. The quantitative estimate of drug-likeness (QED) is 0.781. The van der Waals surface area contributed by atoms with Crippen molar-refractivity contribution in [1.82, 2.24) is 0 Å². The lowest BCUT2D eigenvalue weighted by Crippen LogP contribution is -2.48. The number of nitrogens with zero attached hydrogens (tertiary/aromatic N) is 2. The van der Waals surface area contributed by atoms with Gasteiger partial charge in [-0.25, -0.2) is 4.39 Å². The summed E-state index contributed by atoms with van der Waals surface area (Å²) in [5.74, 6) is -0.617. The van der Waals surface area contributed by atoms with Crippen LogP contribution in [0.2, 0.25) is 0 Å². The summed E-state index contributed by atoms with van der Waals surface area (Å²) in [5, 5.41) is 2.93. The van der Waals surface area contributed by atoms with Gasteiger partial charge in [0.1, 0.15) is 16.5 Å². The maximum atomic E-state index is 14.2. The molecule has 1 atom stereocenters. The lowest BCUT2D eigenvalue weighted by Gasteiger charge is -2.39. The minimum atomic E-state index is -4.43. The minimum Gasteiger partial charge on any atom is -0.377 e. The highest BCUT2D eigenvalue weighted by molar-refractivity contribution is 7.90. The number of benzene rings is 1. The summed E-state index contributed by atoms with van der Waals surface area (Å²) in [4.78, 5) is 1.01. The number of hydrogen-bond donors (Lipinski definition) is 1. The van der Waals surface area contributed by atoms with Crippen molar-refractivity contribution in [3.8, 4) is 0 Å². The van der Waals surface area contributed by atoms with Crippen LogP contribution in [0, 0.1) is 11.7 Å². The van der Waals surface area contributed by atoms with Crippen LogP contribution in [0.5, 0.6) is 0 Å². The molecule has 148 valence electrons. The van der Waals surface area contributed by atoms with E-state index >= 15 is 0 Å². The topological polar surface area (TPSA) is 71.0 Å². The normalized spacial score (nSPS) is 24.8. The van der Waals surface area contributed by atoms with E-state index in [4.69, 9.17) is 4.74 Å². The predicted molar refractivity (Wildman–Crippen MR) is 90.0 cm³/mol. The Bertz CT molecular complexity index is 897. The highest BCUT2D eigenvalue weighted by atomic mass is 32.2. The molecule has 27 heavy (non-hydrogen) atoms. The van der Waals surface area contributed by atoms with E-state index in [1.807, 2.05) is 0 Å². The fraction of sp³-hybridized carbons (Fsp3) is 0.562. The van der Waals surface area contributed by atoms with Gasteiger partial charge in [-0.3, -0.25) is 0 Å². The Kier molecular flexibility index (Phi) is 4.34. The third-order valence-corrected chi connectivity index (χ3v) is 6.08. The van der Waals surface area contributed by atoms with Crippen molar-refractivity contribution in [3.63, 3.8) is 0 Å². The van der Waals surface area contributed by atoms with E-state index in [1.165, 1.54) is 4.90 Å². The first-order valence-electron chi connectivity index (χ1n) is 8.50. The Balaban J connectivity index is 1.79. The van der Waals surface area contributed by atoms with Crippen molar-refractivity contribution >= 4 is 27.2 Å². The maximum Gasteiger partial charge on any atom is 0.391 e. The second-order valence-electron chi connectivity index (χ2n) is 6.89. The van der Waals surface area contributed by atoms with E-state index in [2.05, 4.69) is 9.71 Å². The van der Waals surface area contributed by atoms with Crippen molar-refractivity contribution in [2.75, 3.05) is 30.0 Å². The van der Waals surface area contributed by atoms with Crippen LogP contribution < -0.4 is 10.2 Å². The number of morpholine rings is 1. The monoisotopic (exact) mass is 407 g/mol. The third kappa shape index (κ3) is 3.75. The molecule has 0 amide bonds. The zero-order chi connectivity index (χ0) is 19.4. The molecule has 0 spiro atoms. The van der Waals surface area contributed by atoms with Crippen LogP contribution in [0.4, 0.5) is 28.9 Å². The van der Waals surface area contributed by atoms with Gasteiger partial charge < -0.3 is 15.0 Å². The summed E-state index contributed by atoms with van der Waals surface area (Å²) in [6.07, 6.45) is -4.02. The van der Waals surface area contributed by atoms with Crippen molar-refractivity contribution in [2.24, 2.45) is 10.3 Å². The van der Waals surface area contributed by atoms with Gasteiger partial charge in [-0.05, 0) is 25.0 Å². The molecule has 1 saturated heterocycles. The van der Waals surface area contributed by atoms with Crippen LogP contribution in [0.3, 0.4) is 0 Å². The van der Waals surface area contributed by atoms with Crippen LogP contribution in [0.25, 0.3) is 0 Å². The number of ether oxygens (including phenoxy) is 1. The second kappa shape index (κ2) is 6.33. The SMILES string of the molecule is O=S1(=O)N=C(C2CC2)Nc2c(N3CCOC[C@H]3CC(F)(F)F)cc(F)cc21. The molecule has 0 radical (unpaired) electrons. The van der Waals surface area contributed by atoms with Crippen LogP contribution in [-0.2, 0) is 14.8 Å². The zero-order valence-corrected chi connectivity index (χ0v) is 14.9. The Labute approximate surface area is 153 Å². The first kappa shape index (κ1) is 18.5. The first-order valence-corrected chi connectivity index (χ1v) is 9.94. The summed E-state index contributed by atoms with van der Waals surface area (Å²) >= 11 is 0. The molecule has 1 aromatic rings. The van der Waals surface area contributed by atoms with Crippen LogP contribution in [0.15, 0.2) is 21.4 Å². The molecule has 2 heterocycles. The molecule has 1 N–H and O–H groups in total. The van der Waals surface area contributed by atoms with Crippen molar-refractivity contribution in [1.29, 1.82) is 0 Å². The Morgan fingerprint density at radius 3 is 2.70 bits per heavy atom. The van der Waals surface area contributed by atoms with E-state index in [9.17, 15) is 26.0 Å². The Morgan fingerprint density at radius 2 is 2.04 bits per heavy atom. The Hall–Kier alpha value is -1.88. The number of halogens is 4. The fourth-order valence-electron chi connectivity index (χ4n) is 3.39. The molecule has 11 heteroatoms. The van der Waals surface area contributed by atoms with Gasteiger partial charge in [0.25, 0.3) is 10.0 Å². The summed E-state index contributed by atoms with van der Waals surface area (Å²) < 4.78 is 86.9. The summed E-state index contributed by atoms with van der Waals surface area (Å²) in [5.41, 5.74) is 0.168. The van der Waals surface area contributed by atoms with Crippen LogP contribution >= 0.6 is 0 Å². The zero-order valence-electron chi connectivity index (χ0n) is 14.1. The lowest BCUT2D eigenvalue weighted by molar-refractivity contribution is -0.143. The van der Waals surface area contributed by atoms with Crippen molar-refractivity contribution in [3.05, 3.63) is 17.9 Å². The molecule has 1 aliphatic carbocycles. The van der Waals surface area contributed by atoms with Gasteiger partial charge in [0.05, 0.1) is 37.1 Å². The molecule has 0 bridgehead atoms. The predicted octanol–water partition coefficient (Wildman–Crippen LogP) is 2.91. The van der Waals surface area contributed by atoms with E-state index in [0.29, 0.717) is 0 Å². The molecule has 0 aromatic heterocycles. The van der Waals surface area contributed by atoms with E-state index in [-0.39, 0.29) is 47.8 Å². The van der Waals surface area contributed by atoms with Crippen LogP contribution in [-0.4, -0.2) is 46.2 Å². The van der Waals surface area contributed by atoms with Gasteiger partial charge in [0, 0.05) is 12.5 Å². The molecule has 1 aromatic carbocycles. The number of sulfonamides is 1. The number of alkyl halides is 3. The molecule has 6 nitrogen and oxygen atoms in total. The largest absolute Gasteiger partial charge is 0.391 e. The van der Waals surface area contributed by atoms with Crippen LogP contribution in [0.1, 0.15) is 19.3 Å². The number of fused-ring (bicyclic) bond motifs is 1. The average Bonchev–Trinajstić information content (AvgIpc) is 3.38. The highest BCUT2D eigenvalue weighted by Crippen LogP contribution is 2.42. The maximum absolute atomic E-state index is 14.2. The molecule has 1 saturated carbocycles. The minimum absolute atomic E-state index is 0.0264. The molecule has 4 rings (SSSR count). The highest BCUT2D eigenvalue weighted by Gasteiger charge is 2.40. The Morgan fingerprint density at radius 1 is 1.30 bits per heavy atom. The van der Waals surface area contributed by atoms with Crippen molar-refractivity contribution in [2.45, 2.75) is 36.4 Å². The molecule has 0 unspecified atom stereocenters. The number of amidine groups is 1. The first-order chi connectivity index (χ1) is 12.6. The second-order valence-corrected chi connectivity index (χ2v) is 8.46. The van der Waals surface area contributed by atoms with Gasteiger partial charge >= 0.3 is 6.18 Å². The molecule has 2 aliphatic heterocycles. The lowest BCUT2D eigenvalue weighted by atomic mass is 10.1. The number of hydrogen-bond acceptors (Lipinski definition) is 5. The number of rotatable bonds is 3. The number of nitrogens with one attached hydrogen (secondary N) is 1. The molecular formula is C16H17F4N3O3S. The summed E-state index contributed by atoms with van der Waals surface area (Å²) in [7, 11) is -4.13. The average molecular weight is 407 g/mol. The third-order valence-electron chi connectivity index (χ3n) is 4.76. The van der Waals surface area contributed by atoms with Gasteiger partial charge in [-0.2, -0.15) is 21.6 Å². The van der Waals surface area contributed by atoms with E-state index < -0.39 is 34.5 Å². The standard InChI is InChI=1S/C16H17F4N3O3S/c17-10-5-12(23-3-4-26-8-11(23)7-16(18,19)20)14-13(6-10)27(24,25)22-15(21-14)9-1-2-9/h5-6,9,11H,1-4,7-8H2,(H,21,22)/t11-/m1/s1. The fourth-order valence-corrected chi connectivity index (χ4v) is 4.62. The van der Waals surface area contributed by atoms with Gasteiger partial charge in [0.15, 0.2) is 0 Å². The van der Waals surface area contributed by atoms with E-state index in [0.717, 1.165) is 25.0 Å². The molecule has 3 aliphatic rings. The van der Waals surface area contributed by atoms with Gasteiger partial charge in [0.2, 0.25) is 0 Å². The summed E-state index contributed by atoms with van der Waals surface area (Å²) in [6, 6.07) is 0.830. The van der Waals surface area contributed by atoms with E-state index in [1.54, 1.807) is 0 Å². The van der Waals surface area contributed by atoms with Gasteiger partial charge in [-0.15, -0.1) is 4.40 Å².